The maximum atomic E-state index is 14.1. The van der Waals surface area contributed by atoms with Crippen LogP contribution in [-0.4, -0.2) is 37.0 Å². The summed E-state index contributed by atoms with van der Waals surface area (Å²) in [6, 6.07) is 2.55. The van der Waals surface area contributed by atoms with Gasteiger partial charge >= 0.3 is 0 Å². The highest BCUT2D eigenvalue weighted by Crippen LogP contribution is 2.28. The average molecular weight is 302 g/mol. The number of halogens is 1. The highest BCUT2D eigenvalue weighted by atomic mass is 32.2. The number of aliphatic hydroxyl groups excluding tert-OH is 1. The molecule has 1 aromatic carbocycles. The predicted molar refractivity (Wildman–Crippen MR) is 74.1 cm³/mol. The molecule has 0 spiro atoms. The second-order valence-electron chi connectivity index (χ2n) is 5.35. The Labute approximate surface area is 118 Å². The van der Waals surface area contributed by atoms with Gasteiger partial charge in [-0.05, 0) is 37.0 Å². The van der Waals surface area contributed by atoms with Gasteiger partial charge in [0.25, 0.3) is 0 Å². The first-order valence-electron chi connectivity index (χ1n) is 6.47. The van der Waals surface area contributed by atoms with Crippen molar-refractivity contribution < 1.29 is 17.9 Å². The van der Waals surface area contributed by atoms with Crippen LogP contribution in [-0.2, 0) is 10.0 Å². The molecule has 3 N–H and O–H groups in total. The van der Waals surface area contributed by atoms with Gasteiger partial charge in [-0.25, -0.2) is 12.8 Å². The van der Waals surface area contributed by atoms with Gasteiger partial charge in [-0.2, -0.15) is 4.31 Å². The van der Waals surface area contributed by atoms with E-state index < -0.39 is 26.8 Å². The van der Waals surface area contributed by atoms with Gasteiger partial charge in [0.15, 0.2) is 0 Å². The summed E-state index contributed by atoms with van der Waals surface area (Å²) >= 11 is 0. The van der Waals surface area contributed by atoms with E-state index in [2.05, 4.69) is 0 Å². The molecule has 0 bridgehead atoms. The van der Waals surface area contributed by atoms with Crippen molar-refractivity contribution in [2.24, 2.45) is 5.92 Å². The van der Waals surface area contributed by atoms with Gasteiger partial charge in [-0.1, -0.05) is 6.92 Å². The number of aryl methyl sites for hydroxylation is 1. The van der Waals surface area contributed by atoms with Crippen LogP contribution >= 0.6 is 0 Å². The van der Waals surface area contributed by atoms with E-state index in [-0.39, 0.29) is 30.3 Å². The molecule has 0 radical (unpaired) electrons. The lowest BCUT2D eigenvalue weighted by molar-refractivity contribution is 0.0628. The minimum atomic E-state index is -3.93. The first-order valence-corrected chi connectivity index (χ1v) is 7.91. The zero-order valence-electron chi connectivity index (χ0n) is 11.5. The Morgan fingerprint density at radius 1 is 1.45 bits per heavy atom. The molecule has 5 nitrogen and oxygen atoms in total. The first kappa shape index (κ1) is 15.2. The SMILES string of the molecule is Cc1cc(N)cc(S(=O)(=O)N2CCC(O)C(C)C2)c1F. The number of nitrogens with two attached hydrogens (primary N) is 1. The van der Waals surface area contributed by atoms with E-state index in [4.69, 9.17) is 5.73 Å². The molecular formula is C13H19FN2O3S. The third-order valence-corrected chi connectivity index (χ3v) is 5.55. The number of rotatable bonds is 2. The number of anilines is 1. The molecule has 0 amide bonds. The molecule has 1 aliphatic heterocycles. The van der Waals surface area contributed by atoms with Gasteiger partial charge in [-0.3, -0.25) is 0 Å². The van der Waals surface area contributed by atoms with Crippen LogP contribution in [0.4, 0.5) is 10.1 Å². The van der Waals surface area contributed by atoms with Crippen LogP contribution in [0, 0.1) is 18.7 Å². The van der Waals surface area contributed by atoms with Gasteiger partial charge in [0.05, 0.1) is 6.10 Å². The Hall–Kier alpha value is -1.18. The summed E-state index contributed by atoms with van der Waals surface area (Å²) in [7, 11) is -3.93. The zero-order valence-corrected chi connectivity index (χ0v) is 12.3. The van der Waals surface area contributed by atoms with Crippen LogP contribution in [0.5, 0.6) is 0 Å². The van der Waals surface area contributed by atoms with E-state index in [9.17, 15) is 17.9 Å². The van der Waals surface area contributed by atoms with Crippen molar-refractivity contribution in [2.45, 2.75) is 31.3 Å². The van der Waals surface area contributed by atoms with Crippen LogP contribution in [0.3, 0.4) is 0 Å². The van der Waals surface area contributed by atoms with Crippen molar-refractivity contribution in [3.8, 4) is 0 Å². The van der Waals surface area contributed by atoms with Crippen molar-refractivity contribution in [2.75, 3.05) is 18.8 Å². The topological polar surface area (TPSA) is 83.6 Å². The lowest BCUT2D eigenvalue weighted by atomic mass is 9.99. The average Bonchev–Trinajstić information content (AvgIpc) is 2.36. The van der Waals surface area contributed by atoms with E-state index >= 15 is 0 Å². The second kappa shape index (κ2) is 5.31. The van der Waals surface area contributed by atoms with Crippen LogP contribution in [0.15, 0.2) is 17.0 Å². The van der Waals surface area contributed by atoms with Gasteiger partial charge < -0.3 is 10.8 Å². The zero-order chi connectivity index (χ0) is 15.1. The van der Waals surface area contributed by atoms with Crippen molar-refractivity contribution in [1.29, 1.82) is 0 Å². The van der Waals surface area contributed by atoms with E-state index in [0.29, 0.717) is 6.42 Å². The minimum Gasteiger partial charge on any atom is -0.399 e. The Kier molecular flexibility index (Phi) is 4.04. The molecule has 1 aromatic rings. The number of nitrogens with zero attached hydrogens (tertiary/aromatic N) is 1. The number of aliphatic hydroxyl groups is 1. The molecule has 2 unspecified atom stereocenters. The predicted octanol–water partition coefficient (Wildman–Crippen LogP) is 1.11. The molecule has 2 atom stereocenters. The number of nitrogen functional groups attached to an aromatic ring is 1. The van der Waals surface area contributed by atoms with Crippen molar-refractivity contribution in [3.63, 3.8) is 0 Å². The van der Waals surface area contributed by atoms with Gasteiger partial charge in [0, 0.05) is 18.8 Å². The smallest absolute Gasteiger partial charge is 0.246 e. The molecule has 2 rings (SSSR count). The first-order chi connectivity index (χ1) is 9.23. The molecule has 20 heavy (non-hydrogen) atoms. The molecule has 0 aliphatic carbocycles. The van der Waals surface area contributed by atoms with E-state index in [1.165, 1.54) is 17.3 Å². The Morgan fingerprint density at radius 2 is 2.10 bits per heavy atom. The number of hydrogen-bond donors (Lipinski definition) is 2. The number of hydrogen-bond acceptors (Lipinski definition) is 4. The Morgan fingerprint density at radius 3 is 2.70 bits per heavy atom. The highest BCUT2D eigenvalue weighted by molar-refractivity contribution is 7.89. The fourth-order valence-electron chi connectivity index (χ4n) is 2.40. The van der Waals surface area contributed by atoms with Crippen LogP contribution in [0.1, 0.15) is 18.9 Å². The molecule has 0 saturated carbocycles. The largest absolute Gasteiger partial charge is 0.399 e. The summed E-state index contributed by atoms with van der Waals surface area (Å²) in [5, 5.41) is 9.66. The van der Waals surface area contributed by atoms with E-state index in [1.54, 1.807) is 6.92 Å². The Balaban J connectivity index is 2.41. The van der Waals surface area contributed by atoms with Gasteiger partial charge in [0.2, 0.25) is 10.0 Å². The number of piperidine rings is 1. The summed E-state index contributed by atoms with van der Waals surface area (Å²) in [4.78, 5) is -0.390. The molecular weight excluding hydrogens is 283 g/mol. The maximum absolute atomic E-state index is 14.1. The molecule has 7 heteroatoms. The van der Waals surface area contributed by atoms with Crippen molar-refractivity contribution in [3.05, 3.63) is 23.5 Å². The third kappa shape index (κ3) is 2.65. The van der Waals surface area contributed by atoms with Crippen LogP contribution < -0.4 is 5.73 Å². The summed E-state index contributed by atoms with van der Waals surface area (Å²) in [6.07, 6.45) is -0.169. The molecule has 1 saturated heterocycles. The minimum absolute atomic E-state index is 0.177. The number of benzene rings is 1. The molecule has 112 valence electrons. The third-order valence-electron chi connectivity index (χ3n) is 3.68. The van der Waals surface area contributed by atoms with Crippen LogP contribution in [0.2, 0.25) is 0 Å². The molecule has 1 aliphatic rings. The molecule has 1 heterocycles. The standard InChI is InChI=1S/C13H19FN2O3S/c1-8-5-10(15)6-12(13(8)14)20(18,19)16-4-3-11(17)9(2)7-16/h5-6,9,11,17H,3-4,7,15H2,1-2H3. The summed E-state index contributed by atoms with van der Waals surface area (Å²) in [5.74, 6) is -0.943. The van der Waals surface area contributed by atoms with Gasteiger partial charge in [-0.15, -0.1) is 0 Å². The number of sulfonamides is 1. The summed E-state index contributed by atoms with van der Waals surface area (Å²) < 4.78 is 40.3. The second-order valence-corrected chi connectivity index (χ2v) is 7.25. The van der Waals surface area contributed by atoms with E-state index in [0.717, 1.165) is 6.07 Å². The quantitative estimate of drug-likeness (QED) is 0.802. The van der Waals surface area contributed by atoms with Gasteiger partial charge in [0.1, 0.15) is 10.7 Å². The van der Waals surface area contributed by atoms with Crippen molar-refractivity contribution in [1.82, 2.24) is 4.31 Å². The normalized spacial score (nSPS) is 24.8. The Bertz CT molecular complexity index is 618. The van der Waals surface area contributed by atoms with E-state index in [1.807, 2.05) is 0 Å². The monoisotopic (exact) mass is 302 g/mol. The highest BCUT2D eigenvalue weighted by Gasteiger charge is 2.34. The fourth-order valence-corrected chi connectivity index (χ4v) is 4.13. The van der Waals surface area contributed by atoms with Crippen molar-refractivity contribution >= 4 is 15.7 Å². The maximum Gasteiger partial charge on any atom is 0.246 e. The lowest BCUT2D eigenvalue weighted by Gasteiger charge is -2.33. The molecule has 1 fully saturated rings. The lowest BCUT2D eigenvalue weighted by Crippen LogP contribution is -2.45. The molecule has 0 aromatic heterocycles. The van der Waals surface area contributed by atoms with Crippen LogP contribution in [0.25, 0.3) is 0 Å². The fraction of sp³-hybridized carbons (Fsp3) is 0.538. The summed E-state index contributed by atoms with van der Waals surface area (Å²) in [5.41, 5.74) is 6.03. The summed E-state index contributed by atoms with van der Waals surface area (Å²) in [6.45, 7) is 3.61.